The van der Waals surface area contributed by atoms with Crippen LogP contribution < -0.4 is 11.5 Å². The van der Waals surface area contributed by atoms with Crippen LogP contribution in [0.4, 0.5) is 0 Å². The van der Waals surface area contributed by atoms with E-state index in [0.29, 0.717) is 11.3 Å². The molecule has 0 unspecified atom stereocenters. The van der Waals surface area contributed by atoms with Gasteiger partial charge in [0.15, 0.2) is 5.96 Å². The number of hydrogen-bond donors (Lipinski definition) is 3. The van der Waals surface area contributed by atoms with Gasteiger partial charge in [0.2, 0.25) is 0 Å². The maximum Gasteiger partial charge on any atom is 0.280 e. The number of amides is 1. The van der Waals surface area contributed by atoms with Gasteiger partial charge in [-0.05, 0) is 13.0 Å². The van der Waals surface area contributed by atoms with E-state index in [4.69, 9.17) is 16.7 Å². The standard InChI is InChI=1S/C10H12N4O2/c1-6(14-16)7-4-2-3-5-8(7)9(15)13-10(11)12/h2-5,16H,1H3,(H4,11,12,13,15)/b14-6-. The number of carbonyl (C=O) groups excluding carboxylic acids is 1. The molecule has 0 aliphatic rings. The number of benzene rings is 1. The molecule has 0 saturated heterocycles. The quantitative estimate of drug-likeness (QED) is 0.288. The lowest BCUT2D eigenvalue weighted by molar-refractivity contribution is 0.100. The van der Waals surface area contributed by atoms with E-state index in [2.05, 4.69) is 10.1 Å². The molecule has 1 aromatic rings. The Morgan fingerprint density at radius 1 is 1.25 bits per heavy atom. The molecule has 6 nitrogen and oxygen atoms in total. The number of aliphatic imine (C=N–C) groups is 1. The van der Waals surface area contributed by atoms with Gasteiger partial charge in [0.05, 0.1) is 11.3 Å². The topological polar surface area (TPSA) is 114 Å². The van der Waals surface area contributed by atoms with Crippen molar-refractivity contribution in [2.24, 2.45) is 21.6 Å². The Hall–Kier alpha value is -2.37. The Balaban J connectivity index is 3.24. The summed E-state index contributed by atoms with van der Waals surface area (Å²) >= 11 is 0. The molecular formula is C10H12N4O2. The van der Waals surface area contributed by atoms with Gasteiger partial charge < -0.3 is 16.7 Å². The molecule has 0 radical (unpaired) electrons. The van der Waals surface area contributed by atoms with Crippen LogP contribution in [-0.4, -0.2) is 22.8 Å². The van der Waals surface area contributed by atoms with Crippen LogP contribution in [0.2, 0.25) is 0 Å². The number of guanidine groups is 1. The Kier molecular flexibility index (Phi) is 3.60. The molecular weight excluding hydrogens is 208 g/mol. The van der Waals surface area contributed by atoms with Crippen LogP contribution in [-0.2, 0) is 0 Å². The number of carbonyl (C=O) groups is 1. The molecule has 16 heavy (non-hydrogen) atoms. The van der Waals surface area contributed by atoms with Gasteiger partial charge in [-0.2, -0.15) is 4.99 Å². The Morgan fingerprint density at radius 3 is 2.31 bits per heavy atom. The summed E-state index contributed by atoms with van der Waals surface area (Å²) in [6.45, 7) is 1.57. The molecule has 0 fully saturated rings. The summed E-state index contributed by atoms with van der Waals surface area (Å²) in [5.74, 6) is -0.878. The second-order valence-electron chi connectivity index (χ2n) is 3.07. The van der Waals surface area contributed by atoms with Gasteiger partial charge >= 0.3 is 0 Å². The van der Waals surface area contributed by atoms with Crippen LogP contribution in [0.25, 0.3) is 0 Å². The maximum atomic E-state index is 11.6. The molecule has 84 valence electrons. The lowest BCUT2D eigenvalue weighted by Gasteiger charge is -2.04. The fraction of sp³-hybridized carbons (Fsp3) is 0.100. The van der Waals surface area contributed by atoms with E-state index in [0.717, 1.165) is 0 Å². The van der Waals surface area contributed by atoms with E-state index in [1.165, 1.54) is 0 Å². The first-order valence-electron chi connectivity index (χ1n) is 4.48. The van der Waals surface area contributed by atoms with Crippen LogP contribution in [0.3, 0.4) is 0 Å². The monoisotopic (exact) mass is 220 g/mol. The number of nitrogens with two attached hydrogens (primary N) is 2. The average Bonchev–Trinajstić information content (AvgIpc) is 2.27. The van der Waals surface area contributed by atoms with Crippen LogP contribution in [0.5, 0.6) is 0 Å². The molecule has 0 aromatic heterocycles. The summed E-state index contributed by atoms with van der Waals surface area (Å²) < 4.78 is 0. The van der Waals surface area contributed by atoms with E-state index < -0.39 is 5.91 Å². The van der Waals surface area contributed by atoms with E-state index >= 15 is 0 Å². The Labute approximate surface area is 92.3 Å². The summed E-state index contributed by atoms with van der Waals surface area (Å²) in [4.78, 5) is 15.0. The molecule has 0 spiro atoms. The normalized spacial score (nSPS) is 10.9. The fourth-order valence-electron chi connectivity index (χ4n) is 1.22. The minimum Gasteiger partial charge on any atom is -0.411 e. The van der Waals surface area contributed by atoms with Crippen LogP contribution in [0, 0.1) is 0 Å². The largest absolute Gasteiger partial charge is 0.411 e. The Morgan fingerprint density at radius 2 is 1.81 bits per heavy atom. The molecule has 6 heteroatoms. The van der Waals surface area contributed by atoms with Crippen molar-refractivity contribution in [2.75, 3.05) is 0 Å². The molecule has 0 saturated carbocycles. The minimum atomic E-state index is -0.571. The van der Waals surface area contributed by atoms with E-state index in [-0.39, 0.29) is 11.5 Å². The summed E-state index contributed by atoms with van der Waals surface area (Å²) in [6, 6.07) is 6.59. The smallest absolute Gasteiger partial charge is 0.280 e. The predicted molar refractivity (Wildman–Crippen MR) is 60.6 cm³/mol. The number of nitrogens with zero attached hydrogens (tertiary/aromatic N) is 2. The minimum absolute atomic E-state index is 0.284. The van der Waals surface area contributed by atoms with Crippen molar-refractivity contribution in [1.82, 2.24) is 0 Å². The number of hydrogen-bond acceptors (Lipinski definition) is 3. The lowest BCUT2D eigenvalue weighted by Crippen LogP contribution is -2.24. The van der Waals surface area contributed by atoms with Crippen LogP contribution >= 0.6 is 0 Å². The second-order valence-corrected chi connectivity index (χ2v) is 3.07. The van der Waals surface area contributed by atoms with Crippen LogP contribution in [0.15, 0.2) is 34.4 Å². The summed E-state index contributed by atoms with van der Waals surface area (Å²) in [7, 11) is 0. The Bertz CT molecular complexity index is 462. The van der Waals surface area contributed by atoms with Gasteiger partial charge in [0.25, 0.3) is 5.91 Å². The maximum absolute atomic E-state index is 11.6. The molecule has 5 N–H and O–H groups in total. The predicted octanol–water partition coefficient (Wildman–Crippen LogP) is 0.298. The first-order chi connectivity index (χ1) is 7.56. The highest BCUT2D eigenvalue weighted by atomic mass is 16.4. The third-order valence-electron chi connectivity index (χ3n) is 1.93. The molecule has 0 aliphatic heterocycles. The SMILES string of the molecule is C/C(=N/O)c1ccccc1C(=O)N=C(N)N. The van der Waals surface area contributed by atoms with Crippen molar-refractivity contribution in [3.05, 3.63) is 35.4 Å². The molecule has 1 amide bonds. The molecule has 0 bridgehead atoms. The highest BCUT2D eigenvalue weighted by Crippen LogP contribution is 2.11. The summed E-state index contributed by atoms with van der Waals surface area (Å²) in [5.41, 5.74) is 11.3. The van der Waals surface area contributed by atoms with Gasteiger partial charge in [0.1, 0.15) is 0 Å². The highest BCUT2D eigenvalue weighted by Gasteiger charge is 2.12. The van der Waals surface area contributed by atoms with E-state index in [1.54, 1.807) is 31.2 Å². The lowest BCUT2D eigenvalue weighted by atomic mass is 10.0. The number of rotatable bonds is 2. The average molecular weight is 220 g/mol. The molecule has 0 atom stereocenters. The first kappa shape index (κ1) is 11.7. The van der Waals surface area contributed by atoms with E-state index in [9.17, 15) is 4.79 Å². The molecule has 0 heterocycles. The van der Waals surface area contributed by atoms with Crippen LogP contribution in [0.1, 0.15) is 22.8 Å². The van der Waals surface area contributed by atoms with Gasteiger partial charge in [-0.3, -0.25) is 4.79 Å². The third kappa shape index (κ3) is 2.57. The van der Waals surface area contributed by atoms with Gasteiger partial charge in [-0.25, -0.2) is 0 Å². The van der Waals surface area contributed by atoms with Crippen molar-refractivity contribution >= 4 is 17.6 Å². The van der Waals surface area contributed by atoms with Crippen molar-refractivity contribution in [1.29, 1.82) is 0 Å². The summed E-state index contributed by atoms with van der Waals surface area (Å²) in [6.07, 6.45) is 0. The number of oxime groups is 1. The van der Waals surface area contributed by atoms with Crippen molar-refractivity contribution in [3.63, 3.8) is 0 Å². The van der Waals surface area contributed by atoms with Crippen molar-refractivity contribution < 1.29 is 10.0 Å². The van der Waals surface area contributed by atoms with Gasteiger partial charge in [0, 0.05) is 5.56 Å². The molecule has 1 aromatic carbocycles. The third-order valence-corrected chi connectivity index (χ3v) is 1.93. The zero-order chi connectivity index (χ0) is 12.1. The van der Waals surface area contributed by atoms with E-state index in [1.807, 2.05) is 0 Å². The van der Waals surface area contributed by atoms with Crippen molar-refractivity contribution in [3.8, 4) is 0 Å². The van der Waals surface area contributed by atoms with Gasteiger partial charge in [-0.1, -0.05) is 23.4 Å². The van der Waals surface area contributed by atoms with Gasteiger partial charge in [-0.15, -0.1) is 0 Å². The van der Waals surface area contributed by atoms with Crippen molar-refractivity contribution in [2.45, 2.75) is 6.92 Å². The zero-order valence-electron chi connectivity index (χ0n) is 8.71. The highest BCUT2D eigenvalue weighted by molar-refractivity contribution is 6.11. The summed E-state index contributed by atoms with van der Waals surface area (Å²) in [5, 5.41) is 11.7. The molecule has 0 aliphatic carbocycles. The molecule has 1 rings (SSSR count). The first-order valence-corrected chi connectivity index (χ1v) is 4.48. The second kappa shape index (κ2) is 4.92. The fourth-order valence-corrected chi connectivity index (χ4v) is 1.22. The zero-order valence-corrected chi connectivity index (χ0v) is 8.71.